The molecule has 0 atom stereocenters. The molecule has 0 aliphatic carbocycles. The lowest BCUT2D eigenvalue weighted by molar-refractivity contribution is -0.121. The number of nitrogens with zero attached hydrogens (tertiary/aromatic N) is 2. The third kappa shape index (κ3) is 7.12. The van der Waals surface area contributed by atoms with E-state index in [9.17, 15) is 4.79 Å². The molecule has 0 aromatic carbocycles. The summed E-state index contributed by atoms with van der Waals surface area (Å²) in [6.45, 7) is 0.586. The average Bonchev–Trinajstić information content (AvgIpc) is 1.86. The Morgan fingerprint density at radius 3 is 2.82 bits per heavy atom. The minimum atomic E-state index is -0.0657. The molecule has 0 saturated heterocycles. The topological polar surface area (TPSA) is 44.7 Å². The fraction of sp³-hybridized carbons (Fsp3) is 0.667. The van der Waals surface area contributed by atoms with Crippen molar-refractivity contribution in [1.82, 2.24) is 10.2 Å². The molecular weight excluding hydrogens is 162 g/mol. The molecule has 1 amide bonds. The number of thiocarbonyl (C=S) groups is 1. The van der Waals surface area contributed by atoms with Gasteiger partial charge in [0.2, 0.25) is 5.91 Å². The van der Waals surface area contributed by atoms with Gasteiger partial charge in [-0.05, 0) is 26.3 Å². The molecule has 1 N–H and O–H groups in total. The highest BCUT2D eigenvalue weighted by molar-refractivity contribution is 7.78. The van der Waals surface area contributed by atoms with Crippen LogP contribution in [0.25, 0.3) is 0 Å². The fourth-order valence-electron chi connectivity index (χ4n) is 0.503. The highest BCUT2D eigenvalue weighted by Gasteiger charge is 1.99. The van der Waals surface area contributed by atoms with Crippen molar-refractivity contribution in [1.29, 1.82) is 0 Å². The van der Waals surface area contributed by atoms with Gasteiger partial charge in [-0.3, -0.25) is 4.79 Å². The number of hydrogen-bond donors (Lipinski definition) is 1. The highest BCUT2D eigenvalue weighted by atomic mass is 32.1. The summed E-state index contributed by atoms with van der Waals surface area (Å²) in [6.07, 6.45) is 0. The largest absolute Gasteiger partial charge is 0.335 e. The van der Waals surface area contributed by atoms with E-state index in [1.807, 2.05) is 14.1 Å². The molecule has 0 heterocycles. The highest BCUT2D eigenvalue weighted by Crippen LogP contribution is 1.73. The van der Waals surface area contributed by atoms with E-state index in [2.05, 4.69) is 27.7 Å². The quantitative estimate of drug-likeness (QED) is 0.470. The smallest absolute Gasteiger partial charge is 0.235 e. The second-order valence-corrected chi connectivity index (χ2v) is 2.43. The van der Waals surface area contributed by atoms with E-state index in [0.717, 1.165) is 0 Å². The van der Waals surface area contributed by atoms with Gasteiger partial charge < -0.3 is 10.2 Å². The van der Waals surface area contributed by atoms with Crippen LogP contribution in [0.3, 0.4) is 0 Å². The lowest BCUT2D eigenvalue weighted by Gasteiger charge is -2.07. The van der Waals surface area contributed by atoms with Gasteiger partial charge in [0.1, 0.15) is 6.67 Å². The first-order chi connectivity index (χ1) is 5.16. The minimum absolute atomic E-state index is 0.0657. The zero-order chi connectivity index (χ0) is 8.69. The van der Waals surface area contributed by atoms with Gasteiger partial charge in [0.25, 0.3) is 0 Å². The van der Waals surface area contributed by atoms with Crippen molar-refractivity contribution in [2.24, 2.45) is 4.99 Å². The summed E-state index contributed by atoms with van der Waals surface area (Å²) in [7, 11) is 3.64. The van der Waals surface area contributed by atoms with E-state index in [-0.39, 0.29) is 12.6 Å². The number of nitrogens with one attached hydrogen (secondary N) is 1. The molecule has 0 fully saturated rings. The van der Waals surface area contributed by atoms with Gasteiger partial charge in [-0.25, -0.2) is 4.99 Å². The lowest BCUT2D eigenvalue weighted by atomic mass is 10.5. The number of isothiocyanates is 1. The molecule has 11 heavy (non-hydrogen) atoms. The first-order valence-corrected chi connectivity index (χ1v) is 3.52. The van der Waals surface area contributed by atoms with E-state index in [1.54, 1.807) is 4.90 Å². The molecule has 0 spiro atoms. The number of hydrogen-bond acceptors (Lipinski definition) is 4. The zero-order valence-electron chi connectivity index (χ0n) is 6.63. The van der Waals surface area contributed by atoms with Crippen LogP contribution in [0.4, 0.5) is 0 Å². The van der Waals surface area contributed by atoms with Crippen LogP contribution in [-0.2, 0) is 4.79 Å². The fourth-order valence-corrected chi connectivity index (χ4v) is 0.568. The maximum atomic E-state index is 10.9. The summed E-state index contributed by atoms with van der Waals surface area (Å²) in [5, 5.41) is 4.69. The zero-order valence-corrected chi connectivity index (χ0v) is 7.44. The van der Waals surface area contributed by atoms with E-state index in [0.29, 0.717) is 6.54 Å². The predicted molar refractivity (Wildman–Crippen MR) is 46.6 cm³/mol. The summed E-state index contributed by atoms with van der Waals surface area (Å²) in [5.41, 5.74) is 0. The van der Waals surface area contributed by atoms with Crippen LogP contribution in [0.5, 0.6) is 0 Å². The number of carbonyl (C=O) groups is 1. The van der Waals surface area contributed by atoms with Crippen LogP contribution in [0.2, 0.25) is 0 Å². The molecule has 5 heteroatoms. The average molecular weight is 173 g/mol. The predicted octanol–water partition coefficient (Wildman–Crippen LogP) is -0.275. The summed E-state index contributed by atoms with van der Waals surface area (Å²) in [6, 6.07) is 0. The van der Waals surface area contributed by atoms with Crippen molar-refractivity contribution in [2.45, 2.75) is 0 Å². The van der Waals surface area contributed by atoms with Gasteiger partial charge in [0.15, 0.2) is 0 Å². The van der Waals surface area contributed by atoms with Gasteiger partial charge >= 0.3 is 0 Å². The Balaban J connectivity index is 3.45. The van der Waals surface area contributed by atoms with Crippen LogP contribution in [0.1, 0.15) is 0 Å². The molecule has 62 valence electrons. The minimum Gasteiger partial charge on any atom is -0.335 e. The maximum Gasteiger partial charge on any atom is 0.235 e. The van der Waals surface area contributed by atoms with Crippen LogP contribution >= 0.6 is 12.2 Å². The maximum absolute atomic E-state index is 10.9. The van der Waals surface area contributed by atoms with Crippen LogP contribution in [-0.4, -0.2) is 43.3 Å². The van der Waals surface area contributed by atoms with Crippen LogP contribution < -0.4 is 5.32 Å². The molecule has 0 saturated carbocycles. The molecule has 0 aromatic heterocycles. The SMILES string of the molecule is CN(C)CC(=O)NCN=C=S. The van der Waals surface area contributed by atoms with E-state index in [1.165, 1.54) is 0 Å². The van der Waals surface area contributed by atoms with Gasteiger partial charge in [-0.1, -0.05) is 0 Å². The number of likely N-dealkylation sites (N-methyl/N-ethyl adjacent to an activating group) is 1. The second kappa shape index (κ2) is 5.97. The van der Waals surface area contributed by atoms with Gasteiger partial charge in [0.05, 0.1) is 11.7 Å². The summed E-state index contributed by atoms with van der Waals surface area (Å²) in [4.78, 5) is 16.2. The Hall–Kier alpha value is -0.770. The number of amides is 1. The van der Waals surface area contributed by atoms with Gasteiger partial charge in [-0.2, -0.15) is 0 Å². The van der Waals surface area contributed by atoms with Gasteiger partial charge in [-0.15, -0.1) is 0 Å². The Labute approximate surface area is 71.3 Å². The molecule has 4 nitrogen and oxygen atoms in total. The third-order valence-electron chi connectivity index (χ3n) is 0.880. The van der Waals surface area contributed by atoms with Crippen molar-refractivity contribution in [3.8, 4) is 0 Å². The number of carbonyl (C=O) groups excluding carboxylic acids is 1. The molecule has 0 aliphatic rings. The van der Waals surface area contributed by atoms with E-state index >= 15 is 0 Å². The molecule has 0 aliphatic heterocycles. The lowest BCUT2D eigenvalue weighted by Crippen LogP contribution is -2.33. The van der Waals surface area contributed by atoms with Crippen LogP contribution in [0, 0.1) is 0 Å². The standard InChI is InChI=1S/C6H11N3OS/c1-9(2)3-6(10)8-4-7-5-11/h3-4H2,1-2H3,(H,8,10). The third-order valence-corrected chi connectivity index (χ3v) is 1.01. The van der Waals surface area contributed by atoms with Gasteiger partial charge in [0, 0.05) is 0 Å². The monoisotopic (exact) mass is 173 g/mol. The molecule has 0 aromatic rings. The second-order valence-electron chi connectivity index (χ2n) is 2.25. The number of rotatable bonds is 4. The molecule has 0 rings (SSSR count). The molecular formula is C6H11N3OS. The first kappa shape index (κ1) is 10.2. The Morgan fingerprint density at radius 1 is 1.73 bits per heavy atom. The Kier molecular flexibility index (Phi) is 5.56. The van der Waals surface area contributed by atoms with Crippen LogP contribution in [0.15, 0.2) is 4.99 Å². The van der Waals surface area contributed by atoms with Crippen molar-refractivity contribution in [3.05, 3.63) is 0 Å². The summed E-state index contributed by atoms with van der Waals surface area (Å²) >= 11 is 4.31. The number of aliphatic imine (C=N–C) groups is 1. The van der Waals surface area contributed by atoms with E-state index < -0.39 is 0 Å². The first-order valence-electron chi connectivity index (χ1n) is 3.12. The molecule has 0 unspecified atom stereocenters. The van der Waals surface area contributed by atoms with Crippen molar-refractivity contribution < 1.29 is 4.79 Å². The molecule has 0 radical (unpaired) electrons. The van der Waals surface area contributed by atoms with Crippen molar-refractivity contribution in [2.75, 3.05) is 27.3 Å². The Morgan fingerprint density at radius 2 is 2.36 bits per heavy atom. The molecule has 0 bridgehead atoms. The Bertz CT molecular complexity index is 175. The van der Waals surface area contributed by atoms with Crippen molar-refractivity contribution >= 4 is 23.3 Å². The van der Waals surface area contributed by atoms with E-state index in [4.69, 9.17) is 0 Å². The summed E-state index contributed by atoms with van der Waals surface area (Å²) in [5.74, 6) is -0.0657. The summed E-state index contributed by atoms with van der Waals surface area (Å²) < 4.78 is 0. The normalized spacial score (nSPS) is 9.00. The van der Waals surface area contributed by atoms with Crippen molar-refractivity contribution in [3.63, 3.8) is 0 Å².